The zero-order valence-corrected chi connectivity index (χ0v) is 11.8. The largest absolute Gasteiger partial charge is 0.381 e. The van der Waals surface area contributed by atoms with Crippen molar-refractivity contribution < 1.29 is 8.78 Å². The Hall–Kier alpha value is -1.61. The van der Waals surface area contributed by atoms with E-state index in [4.69, 9.17) is 11.6 Å². The SMILES string of the molecule is Fc1cccc(F)c1CNc1cccc(CCCCl)c1. The Morgan fingerprint density at radius 3 is 2.40 bits per heavy atom. The Bertz CT molecular complexity index is 552. The van der Waals surface area contributed by atoms with Crippen molar-refractivity contribution in [3.8, 4) is 0 Å². The summed E-state index contributed by atoms with van der Waals surface area (Å²) in [6.07, 6.45) is 1.81. The number of benzene rings is 2. The third-order valence-corrected chi connectivity index (χ3v) is 3.32. The molecule has 0 aliphatic carbocycles. The van der Waals surface area contributed by atoms with Gasteiger partial charge in [0.15, 0.2) is 0 Å². The summed E-state index contributed by atoms with van der Waals surface area (Å²) in [4.78, 5) is 0. The van der Waals surface area contributed by atoms with Gasteiger partial charge in [-0.05, 0) is 42.7 Å². The molecule has 2 aromatic carbocycles. The Labute approximate surface area is 122 Å². The molecule has 0 heterocycles. The van der Waals surface area contributed by atoms with Crippen LogP contribution in [0.1, 0.15) is 17.5 Å². The molecule has 2 rings (SSSR count). The minimum absolute atomic E-state index is 0.0543. The van der Waals surface area contributed by atoms with E-state index in [2.05, 4.69) is 5.32 Å². The molecule has 106 valence electrons. The van der Waals surface area contributed by atoms with Crippen molar-refractivity contribution in [1.82, 2.24) is 0 Å². The first-order valence-electron chi connectivity index (χ1n) is 6.52. The van der Waals surface area contributed by atoms with Gasteiger partial charge in [-0.3, -0.25) is 0 Å². The lowest BCUT2D eigenvalue weighted by Gasteiger charge is -2.10. The van der Waals surface area contributed by atoms with Crippen LogP contribution in [0, 0.1) is 11.6 Å². The normalized spacial score (nSPS) is 10.6. The van der Waals surface area contributed by atoms with Crippen LogP contribution < -0.4 is 5.32 Å². The van der Waals surface area contributed by atoms with Gasteiger partial charge in [-0.2, -0.15) is 0 Å². The Morgan fingerprint density at radius 2 is 1.70 bits per heavy atom. The van der Waals surface area contributed by atoms with E-state index < -0.39 is 11.6 Å². The maximum absolute atomic E-state index is 13.5. The van der Waals surface area contributed by atoms with Crippen molar-refractivity contribution in [1.29, 1.82) is 0 Å². The highest BCUT2D eigenvalue weighted by molar-refractivity contribution is 6.17. The van der Waals surface area contributed by atoms with E-state index in [1.54, 1.807) is 0 Å². The Morgan fingerprint density at radius 1 is 1.00 bits per heavy atom. The maximum atomic E-state index is 13.5. The van der Waals surface area contributed by atoms with Crippen LogP contribution in [0.25, 0.3) is 0 Å². The summed E-state index contributed by atoms with van der Waals surface area (Å²) in [6.45, 7) is 0.122. The van der Waals surface area contributed by atoms with Crippen molar-refractivity contribution in [2.75, 3.05) is 11.2 Å². The van der Waals surface area contributed by atoms with Crippen LogP contribution in [-0.2, 0) is 13.0 Å². The number of rotatable bonds is 6. The zero-order chi connectivity index (χ0) is 14.4. The molecule has 0 unspecified atom stereocenters. The van der Waals surface area contributed by atoms with E-state index in [-0.39, 0.29) is 12.1 Å². The van der Waals surface area contributed by atoms with Crippen LogP contribution in [0.3, 0.4) is 0 Å². The second-order valence-electron chi connectivity index (χ2n) is 4.55. The number of hydrogen-bond acceptors (Lipinski definition) is 1. The maximum Gasteiger partial charge on any atom is 0.131 e. The lowest BCUT2D eigenvalue weighted by molar-refractivity contribution is 0.560. The molecule has 0 radical (unpaired) electrons. The summed E-state index contributed by atoms with van der Waals surface area (Å²) in [7, 11) is 0. The summed E-state index contributed by atoms with van der Waals surface area (Å²) in [5.74, 6) is -0.440. The summed E-state index contributed by atoms with van der Waals surface area (Å²) >= 11 is 5.67. The van der Waals surface area contributed by atoms with E-state index >= 15 is 0 Å². The molecule has 20 heavy (non-hydrogen) atoms. The van der Waals surface area contributed by atoms with Gasteiger partial charge in [-0.25, -0.2) is 8.78 Å². The molecule has 0 saturated heterocycles. The van der Waals surface area contributed by atoms with E-state index in [1.165, 1.54) is 18.2 Å². The smallest absolute Gasteiger partial charge is 0.131 e. The number of halogens is 3. The number of nitrogens with one attached hydrogen (secondary N) is 1. The quantitative estimate of drug-likeness (QED) is 0.759. The van der Waals surface area contributed by atoms with Crippen LogP contribution in [0.2, 0.25) is 0 Å². The van der Waals surface area contributed by atoms with Crippen molar-refractivity contribution in [2.24, 2.45) is 0 Å². The molecule has 1 nitrogen and oxygen atoms in total. The Kier molecular flexibility index (Phi) is 5.36. The van der Waals surface area contributed by atoms with Gasteiger partial charge in [0.25, 0.3) is 0 Å². The van der Waals surface area contributed by atoms with Crippen molar-refractivity contribution in [3.63, 3.8) is 0 Å². The van der Waals surface area contributed by atoms with Crippen molar-refractivity contribution in [3.05, 3.63) is 65.2 Å². The molecule has 0 aromatic heterocycles. The molecule has 0 aliphatic heterocycles. The monoisotopic (exact) mass is 295 g/mol. The van der Waals surface area contributed by atoms with Gasteiger partial charge in [0.1, 0.15) is 11.6 Å². The minimum atomic E-state index is -0.532. The highest BCUT2D eigenvalue weighted by atomic mass is 35.5. The van der Waals surface area contributed by atoms with Crippen LogP contribution in [0.4, 0.5) is 14.5 Å². The van der Waals surface area contributed by atoms with Crippen molar-refractivity contribution >= 4 is 17.3 Å². The number of hydrogen-bond donors (Lipinski definition) is 1. The van der Waals surface area contributed by atoms with Gasteiger partial charge in [0, 0.05) is 23.7 Å². The lowest BCUT2D eigenvalue weighted by Crippen LogP contribution is -2.04. The number of alkyl halides is 1. The van der Waals surface area contributed by atoms with Crippen LogP contribution >= 0.6 is 11.6 Å². The van der Waals surface area contributed by atoms with Gasteiger partial charge in [0.05, 0.1) is 0 Å². The molecule has 0 atom stereocenters. The van der Waals surface area contributed by atoms with E-state index in [9.17, 15) is 8.78 Å². The molecule has 0 amide bonds. The van der Waals surface area contributed by atoms with Crippen LogP contribution in [0.5, 0.6) is 0 Å². The average molecular weight is 296 g/mol. The third-order valence-electron chi connectivity index (χ3n) is 3.06. The van der Waals surface area contributed by atoms with Gasteiger partial charge in [0.2, 0.25) is 0 Å². The number of anilines is 1. The van der Waals surface area contributed by atoms with Crippen LogP contribution in [-0.4, -0.2) is 5.88 Å². The minimum Gasteiger partial charge on any atom is -0.381 e. The lowest BCUT2D eigenvalue weighted by atomic mass is 10.1. The highest BCUT2D eigenvalue weighted by Crippen LogP contribution is 2.17. The van der Waals surface area contributed by atoms with Crippen LogP contribution in [0.15, 0.2) is 42.5 Å². The van der Waals surface area contributed by atoms with Gasteiger partial charge < -0.3 is 5.32 Å². The first kappa shape index (κ1) is 14.8. The standard InChI is InChI=1S/C16H16ClF2N/c17-9-3-5-12-4-1-6-13(10-12)20-11-14-15(18)7-2-8-16(14)19/h1-2,4,6-8,10,20H,3,5,9,11H2. The van der Waals surface area contributed by atoms with Gasteiger partial charge in [-0.15, -0.1) is 11.6 Å². The fourth-order valence-electron chi connectivity index (χ4n) is 2.00. The summed E-state index contributed by atoms with van der Waals surface area (Å²) < 4.78 is 27.0. The molecule has 1 N–H and O–H groups in total. The molecule has 0 fully saturated rings. The second kappa shape index (κ2) is 7.25. The summed E-state index contributed by atoms with van der Waals surface area (Å²) in [5.41, 5.74) is 2.06. The van der Waals surface area contributed by atoms with Crippen molar-refractivity contribution in [2.45, 2.75) is 19.4 Å². The molecule has 0 bridgehead atoms. The molecule has 0 aliphatic rings. The molecule has 4 heteroatoms. The molecule has 2 aromatic rings. The highest BCUT2D eigenvalue weighted by Gasteiger charge is 2.07. The van der Waals surface area contributed by atoms with E-state index in [1.807, 2.05) is 24.3 Å². The topological polar surface area (TPSA) is 12.0 Å². The zero-order valence-electron chi connectivity index (χ0n) is 11.0. The van der Waals surface area contributed by atoms with E-state index in [0.717, 1.165) is 24.1 Å². The molecular weight excluding hydrogens is 280 g/mol. The number of aryl methyl sites for hydroxylation is 1. The average Bonchev–Trinajstić information content (AvgIpc) is 2.45. The fraction of sp³-hybridized carbons (Fsp3) is 0.250. The fourth-order valence-corrected chi connectivity index (χ4v) is 2.13. The first-order valence-corrected chi connectivity index (χ1v) is 7.06. The van der Waals surface area contributed by atoms with Gasteiger partial charge in [-0.1, -0.05) is 18.2 Å². The second-order valence-corrected chi connectivity index (χ2v) is 4.92. The molecular formula is C16H16ClF2N. The predicted molar refractivity (Wildman–Crippen MR) is 79.2 cm³/mol. The molecule has 0 saturated carbocycles. The summed E-state index contributed by atoms with van der Waals surface area (Å²) in [5, 5.41) is 3.05. The summed E-state index contributed by atoms with van der Waals surface area (Å²) in [6, 6.07) is 11.7. The molecule has 0 spiro atoms. The predicted octanol–water partition coefficient (Wildman–Crippen LogP) is 4.75. The Balaban J connectivity index is 2.03. The first-order chi connectivity index (χ1) is 9.70. The third kappa shape index (κ3) is 3.94. The van der Waals surface area contributed by atoms with Gasteiger partial charge >= 0.3 is 0 Å². The van der Waals surface area contributed by atoms with E-state index in [0.29, 0.717) is 5.88 Å².